The zero-order chi connectivity index (χ0) is 13.0. The molecule has 0 amide bonds. The summed E-state index contributed by atoms with van der Waals surface area (Å²) in [6, 6.07) is 4.78. The fraction of sp³-hybridized carbons (Fsp3) is 0.643. The molecule has 2 heterocycles. The van der Waals surface area contributed by atoms with Gasteiger partial charge >= 0.3 is 0 Å². The highest BCUT2D eigenvalue weighted by Crippen LogP contribution is 2.24. The van der Waals surface area contributed by atoms with Crippen LogP contribution in [0.5, 0.6) is 0 Å². The lowest BCUT2D eigenvalue weighted by Gasteiger charge is -2.37. The maximum absolute atomic E-state index is 4.55. The van der Waals surface area contributed by atoms with Crippen molar-refractivity contribution in [3.8, 4) is 0 Å². The van der Waals surface area contributed by atoms with Crippen LogP contribution in [-0.2, 0) is 5.33 Å². The molecule has 0 aliphatic carbocycles. The lowest BCUT2D eigenvalue weighted by molar-refractivity contribution is 0.220. The minimum Gasteiger partial charge on any atom is -0.356 e. The maximum Gasteiger partial charge on any atom is 0.132 e. The second kappa shape index (κ2) is 6.53. The summed E-state index contributed by atoms with van der Waals surface area (Å²) < 4.78 is 0. The number of halogens is 1. The zero-order valence-corrected chi connectivity index (χ0v) is 12.9. The van der Waals surface area contributed by atoms with Crippen LogP contribution in [0.4, 0.5) is 5.82 Å². The molecule has 100 valence electrons. The lowest BCUT2D eigenvalue weighted by Crippen LogP contribution is -2.43. The molecule has 1 aromatic heterocycles. The monoisotopic (exact) mass is 311 g/mol. The molecule has 4 heteroatoms. The highest BCUT2D eigenvalue weighted by atomic mass is 79.9. The first kappa shape index (κ1) is 13.8. The van der Waals surface area contributed by atoms with E-state index in [0.717, 1.165) is 11.1 Å². The van der Waals surface area contributed by atoms with Gasteiger partial charge < -0.3 is 9.80 Å². The van der Waals surface area contributed by atoms with E-state index in [4.69, 9.17) is 0 Å². The van der Waals surface area contributed by atoms with Crippen molar-refractivity contribution in [1.82, 2.24) is 9.88 Å². The topological polar surface area (TPSA) is 19.4 Å². The predicted molar refractivity (Wildman–Crippen MR) is 80.4 cm³/mol. The van der Waals surface area contributed by atoms with Crippen molar-refractivity contribution >= 4 is 21.7 Å². The van der Waals surface area contributed by atoms with E-state index in [0.29, 0.717) is 6.04 Å². The van der Waals surface area contributed by atoms with E-state index < -0.39 is 0 Å². The fourth-order valence-corrected chi connectivity index (χ4v) is 3.09. The first-order valence-electron chi connectivity index (χ1n) is 6.71. The van der Waals surface area contributed by atoms with E-state index in [1.807, 2.05) is 12.3 Å². The number of pyridine rings is 1. The summed E-state index contributed by atoms with van der Waals surface area (Å²) in [4.78, 5) is 9.43. The van der Waals surface area contributed by atoms with Gasteiger partial charge in [0.15, 0.2) is 0 Å². The number of anilines is 1. The summed E-state index contributed by atoms with van der Waals surface area (Å²) in [7, 11) is 2.18. The molecule has 1 aliphatic heterocycles. The van der Waals surface area contributed by atoms with Crippen LogP contribution < -0.4 is 4.90 Å². The number of piperidine rings is 1. The Labute approximate surface area is 118 Å². The van der Waals surface area contributed by atoms with Crippen LogP contribution in [0.2, 0.25) is 0 Å². The van der Waals surface area contributed by atoms with Gasteiger partial charge in [-0.15, -0.1) is 0 Å². The normalized spacial score (nSPS) is 17.9. The number of alkyl halides is 1. The van der Waals surface area contributed by atoms with E-state index in [9.17, 15) is 0 Å². The van der Waals surface area contributed by atoms with Gasteiger partial charge in [0.2, 0.25) is 0 Å². The third-order valence-corrected chi connectivity index (χ3v) is 4.50. The molecule has 1 aromatic rings. The zero-order valence-electron chi connectivity index (χ0n) is 11.3. The number of hydrogen-bond donors (Lipinski definition) is 0. The van der Waals surface area contributed by atoms with Crippen molar-refractivity contribution in [2.75, 3.05) is 31.6 Å². The Morgan fingerprint density at radius 2 is 2.17 bits per heavy atom. The Balaban J connectivity index is 2.05. The molecule has 0 spiro atoms. The van der Waals surface area contributed by atoms with Crippen molar-refractivity contribution < 1.29 is 0 Å². The molecular weight excluding hydrogens is 290 g/mol. The molecule has 0 saturated carbocycles. The van der Waals surface area contributed by atoms with Gasteiger partial charge in [-0.2, -0.15) is 0 Å². The Hall–Kier alpha value is -0.610. The molecule has 1 saturated heterocycles. The van der Waals surface area contributed by atoms with Crippen LogP contribution >= 0.6 is 15.9 Å². The van der Waals surface area contributed by atoms with Gasteiger partial charge in [0, 0.05) is 43.3 Å². The third kappa shape index (κ3) is 3.04. The molecule has 0 bridgehead atoms. The summed E-state index contributed by atoms with van der Waals surface area (Å²) in [5.74, 6) is 1.13. The molecule has 18 heavy (non-hydrogen) atoms. The summed E-state index contributed by atoms with van der Waals surface area (Å²) in [6.07, 6.45) is 4.37. The van der Waals surface area contributed by atoms with E-state index in [1.165, 1.54) is 38.0 Å². The van der Waals surface area contributed by atoms with Crippen LogP contribution in [0.25, 0.3) is 0 Å². The molecular formula is C14H22BrN3. The number of likely N-dealkylation sites (tertiary alicyclic amines) is 1. The minimum atomic E-state index is 0.625. The summed E-state index contributed by atoms with van der Waals surface area (Å²) in [6.45, 7) is 5.84. The minimum absolute atomic E-state index is 0.625. The van der Waals surface area contributed by atoms with Crippen molar-refractivity contribution in [3.05, 3.63) is 23.9 Å². The van der Waals surface area contributed by atoms with Gasteiger partial charge in [-0.1, -0.05) is 28.9 Å². The third-order valence-electron chi connectivity index (χ3n) is 3.90. The molecule has 0 unspecified atom stereocenters. The SMILES string of the molecule is CCN1CCC(N(C)c2ncccc2CBr)CC1. The van der Waals surface area contributed by atoms with Gasteiger partial charge in [-0.25, -0.2) is 4.98 Å². The first-order valence-corrected chi connectivity index (χ1v) is 7.83. The molecule has 0 radical (unpaired) electrons. The molecule has 0 N–H and O–H groups in total. The van der Waals surface area contributed by atoms with Gasteiger partial charge in [-0.3, -0.25) is 0 Å². The second-order valence-corrected chi connectivity index (χ2v) is 5.46. The van der Waals surface area contributed by atoms with Gasteiger partial charge in [0.1, 0.15) is 5.82 Å². The number of hydrogen-bond acceptors (Lipinski definition) is 3. The Morgan fingerprint density at radius 1 is 1.44 bits per heavy atom. The van der Waals surface area contributed by atoms with Crippen LogP contribution in [0, 0.1) is 0 Å². The van der Waals surface area contributed by atoms with Gasteiger partial charge in [0.05, 0.1) is 0 Å². The summed E-state index contributed by atoms with van der Waals surface area (Å²) in [5, 5.41) is 0.869. The summed E-state index contributed by atoms with van der Waals surface area (Å²) in [5.41, 5.74) is 1.28. The largest absolute Gasteiger partial charge is 0.356 e. The predicted octanol–water partition coefficient (Wildman–Crippen LogP) is 2.90. The van der Waals surface area contributed by atoms with Crippen LogP contribution in [0.3, 0.4) is 0 Å². The number of aromatic nitrogens is 1. The van der Waals surface area contributed by atoms with Gasteiger partial charge in [-0.05, 0) is 25.5 Å². The fourth-order valence-electron chi connectivity index (χ4n) is 2.65. The number of rotatable bonds is 4. The Bertz CT molecular complexity index is 375. The molecule has 1 aliphatic rings. The quantitative estimate of drug-likeness (QED) is 0.797. The average Bonchev–Trinajstić information content (AvgIpc) is 2.46. The standard InChI is InChI=1S/C14H22BrN3/c1-3-18-9-6-13(7-10-18)17(2)14-12(11-15)5-4-8-16-14/h4-5,8,13H,3,6-7,9-11H2,1-2H3. The van der Waals surface area contributed by atoms with Crippen molar-refractivity contribution in [2.45, 2.75) is 31.1 Å². The van der Waals surface area contributed by atoms with E-state index in [-0.39, 0.29) is 0 Å². The van der Waals surface area contributed by atoms with Crippen LogP contribution in [-0.4, -0.2) is 42.6 Å². The van der Waals surface area contributed by atoms with Gasteiger partial charge in [0.25, 0.3) is 0 Å². The highest BCUT2D eigenvalue weighted by molar-refractivity contribution is 9.08. The van der Waals surface area contributed by atoms with E-state index in [2.05, 4.69) is 50.8 Å². The molecule has 2 rings (SSSR count). The lowest BCUT2D eigenvalue weighted by atomic mass is 10.0. The highest BCUT2D eigenvalue weighted by Gasteiger charge is 2.23. The van der Waals surface area contributed by atoms with Crippen molar-refractivity contribution in [1.29, 1.82) is 0 Å². The number of nitrogens with zero attached hydrogens (tertiary/aromatic N) is 3. The molecule has 3 nitrogen and oxygen atoms in total. The van der Waals surface area contributed by atoms with E-state index in [1.54, 1.807) is 0 Å². The second-order valence-electron chi connectivity index (χ2n) is 4.90. The Morgan fingerprint density at radius 3 is 2.78 bits per heavy atom. The van der Waals surface area contributed by atoms with Crippen LogP contribution in [0.15, 0.2) is 18.3 Å². The molecule has 0 aromatic carbocycles. The average molecular weight is 312 g/mol. The van der Waals surface area contributed by atoms with E-state index >= 15 is 0 Å². The molecule has 1 fully saturated rings. The summed E-state index contributed by atoms with van der Waals surface area (Å²) >= 11 is 3.55. The first-order chi connectivity index (χ1) is 8.76. The van der Waals surface area contributed by atoms with Crippen LogP contribution in [0.1, 0.15) is 25.3 Å². The van der Waals surface area contributed by atoms with Crippen molar-refractivity contribution in [3.63, 3.8) is 0 Å². The maximum atomic E-state index is 4.55. The Kier molecular flexibility index (Phi) is 5.01. The molecule has 0 atom stereocenters. The smallest absolute Gasteiger partial charge is 0.132 e. The van der Waals surface area contributed by atoms with Crippen molar-refractivity contribution in [2.24, 2.45) is 0 Å².